The highest BCUT2D eigenvalue weighted by Gasteiger charge is 2.27. The number of hydrogen-bond donors (Lipinski definition) is 2. The van der Waals surface area contributed by atoms with E-state index in [1.165, 1.54) is 56.3 Å². The summed E-state index contributed by atoms with van der Waals surface area (Å²) < 4.78 is 0. The van der Waals surface area contributed by atoms with Crippen LogP contribution in [0.4, 0.5) is 0 Å². The van der Waals surface area contributed by atoms with Gasteiger partial charge in [-0.15, -0.1) is 0 Å². The fourth-order valence-corrected chi connectivity index (χ4v) is 3.68. The monoisotopic (exact) mass is 247 g/mol. The number of hydrogen-bond acceptors (Lipinski definition) is 2. The highest BCUT2D eigenvalue weighted by atomic mass is 15.1. The van der Waals surface area contributed by atoms with Crippen molar-refractivity contribution in [2.24, 2.45) is 5.92 Å². The number of aromatic amines is 1. The largest absolute Gasteiger partial charge is 0.317 e. The first kappa shape index (κ1) is 12.2. The van der Waals surface area contributed by atoms with Gasteiger partial charge in [-0.1, -0.05) is 19.8 Å². The Morgan fingerprint density at radius 2 is 2.06 bits per heavy atom. The van der Waals surface area contributed by atoms with Gasteiger partial charge in [0.25, 0.3) is 0 Å². The van der Waals surface area contributed by atoms with Crippen molar-refractivity contribution in [2.75, 3.05) is 13.1 Å². The summed E-state index contributed by atoms with van der Waals surface area (Å²) in [5.41, 5.74) is 4.44. The van der Waals surface area contributed by atoms with Gasteiger partial charge in [-0.05, 0) is 56.7 Å². The van der Waals surface area contributed by atoms with Gasteiger partial charge < -0.3 is 5.32 Å². The van der Waals surface area contributed by atoms with Gasteiger partial charge in [0.15, 0.2) is 0 Å². The fraction of sp³-hybridized carbons (Fsp3) is 0.800. The van der Waals surface area contributed by atoms with Gasteiger partial charge >= 0.3 is 0 Å². The first-order chi connectivity index (χ1) is 8.88. The van der Waals surface area contributed by atoms with Crippen LogP contribution in [0.15, 0.2) is 0 Å². The van der Waals surface area contributed by atoms with Crippen LogP contribution >= 0.6 is 0 Å². The molecule has 1 unspecified atom stereocenters. The van der Waals surface area contributed by atoms with Crippen molar-refractivity contribution in [3.63, 3.8) is 0 Å². The summed E-state index contributed by atoms with van der Waals surface area (Å²) in [6, 6.07) is 0. The van der Waals surface area contributed by atoms with Crippen LogP contribution in [0.3, 0.4) is 0 Å². The van der Waals surface area contributed by atoms with E-state index in [9.17, 15) is 0 Å². The van der Waals surface area contributed by atoms with Crippen LogP contribution in [0.2, 0.25) is 0 Å². The lowest BCUT2D eigenvalue weighted by Gasteiger charge is -2.26. The summed E-state index contributed by atoms with van der Waals surface area (Å²) in [7, 11) is 0. The molecule has 0 radical (unpaired) electrons. The van der Waals surface area contributed by atoms with Gasteiger partial charge in [-0.3, -0.25) is 5.10 Å². The molecule has 2 N–H and O–H groups in total. The molecule has 18 heavy (non-hydrogen) atoms. The Balaban J connectivity index is 1.78. The van der Waals surface area contributed by atoms with Crippen molar-refractivity contribution in [3.05, 3.63) is 17.0 Å². The topological polar surface area (TPSA) is 40.7 Å². The van der Waals surface area contributed by atoms with E-state index in [4.69, 9.17) is 0 Å². The predicted octanol–water partition coefficient (Wildman–Crippen LogP) is 2.78. The third-order valence-corrected chi connectivity index (χ3v) is 4.70. The molecule has 3 rings (SSSR count). The van der Waals surface area contributed by atoms with E-state index in [1.807, 2.05) is 0 Å². The summed E-state index contributed by atoms with van der Waals surface area (Å²) in [5.74, 6) is 1.60. The average Bonchev–Trinajstić information content (AvgIpc) is 2.83. The van der Waals surface area contributed by atoms with Crippen LogP contribution < -0.4 is 5.32 Å². The number of nitrogens with zero attached hydrogens (tertiary/aromatic N) is 1. The van der Waals surface area contributed by atoms with Crippen LogP contribution in [-0.2, 0) is 12.8 Å². The molecule has 0 saturated carbocycles. The van der Waals surface area contributed by atoms with E-state index in [0.29, 0.717) is 5.92 Å². The van der Waals surface area contributed by atoms with Gasteiger partial charge in [0.2, 0.25) is 0 Å². The molecule has 1 aromatic rings. The zero-order valence-corrected chi connectivity index (χ0v) is 11.5. The summed E-state index contributed by atoms with van der Waals surface area (Å²) in [4.78, 5) is 0. The van der Waals surface area contributed by atoms with Crippen molar-refractivity contribution in [3.8, 4) is 0 Å². The van der Waals surface area contributed by atoms with Crippen LogP contribution in [0.25, 0.3) is 0 Å². The molecule has 1 aromatic heterocycles. The molecule has 1 aliphatic heterocycles. The zero-order chi connectivity index (χ0) is 12.4. The molecular formula is C15H25N3. The smallest absolute Gasteiger partial charge is 0.0688 e. The van der Waals surface area contributed by atoms with Crippen molar-refractivity contribution < 1.29 is 0 Å². The fourth-order valence-electron chi connectivity index (χ4n) is 3.68. The molecule has 1 saturated heterocycles. The summed E-state index contributed by atoms with van der Waals surface area (Å²) in [6.45, 7) is 4.62. The lowest BCUT2D eigenvalue weighted by Crippen LogP contribution is -2.27. The Morgan fingerprint density at radius 3 is 2.83 bits per heavy atom. The maximum absolute atomic E-state index is 4.66. The molecule has 3 heteroatoms. The Hall–Kier alpha value is -0.830. The van der Waals surface area contributed by atoms with Gasteiger partial charge in [0.1, 0.15) is 0 Å². The predicted molar refractivity (Wildman–Crippen MR) is 73.9 cm³/mol. The highest BCUT2D eigenvalue weighted by molar-refractivity contribution is 5.31. The molecule has 1 atom stereocenters. The Bertz CT molecular complexity index is 390. The minimum atomic E-state index is 0.701. The number of piperidine rings is 1. The molecule has 0 aromatic carbocycles. The van der Waals surface area contributed by atoms with E-state index in [2.05, 4.69) is 22.4 Å². The van der Waals surface area contributed by atoms with Crippen LogP contribution in [0.5, 0.6) is 0 Å². The molecule has 2 aliphatic rings. The van der Waals surface area contributed by atoms with Crippen molar-refractivity contribution in [1.29, 1.82) is 0 Å². The van der Waals surface area contributed by atoms with Crippen molar-refractivity contribution in [1.82, 2.24) is 15.5 Å². The maximum atomic E-state index is 4.66. The number of aromatic nitrogens is 2. The first-order valence-electron chi connectivity index (χ1n) is 7.65. The zero-order valence-electron chi connectivity index (χ0n) is 11.5. The number of fused-ring (bicyclic) bond motifs is 1. The Kier molecular flexibility index (Phi) is 3.69. The Labute approximate surface area is 110 Å². The van der Waals surface area contributed by atoms with Crippen LogP contribution in [-0.4, -0.2) is 23.3 Å². The Morgan fingerprint density at radius 1 is 1.22 bits per heavy atom. The number of rotatable bonds is 3. The van der Waals surface area contributed by atoms with Gasteiger partial charge in [-0.25, -0.2) is 0 Å². The SMILES string of the molecule is CCCC1CCc2[nH]nc(C3CCNCC3)c2C1. The lowest BCUT2D eigenvalue weighted by atomic mass is 9.81. The number of aryl methyl sites for hydroxylation is 1. The van der Waals surface area contributed by atoms with E-state index in [0.717, 1.165) is 19.0 Å². The molecule has 1 aliphatic carbocycles. The standard InChI is InChI=1S/C15H25N3/c1-2-3-11-4-5-14-13(10-11)15(18-17-14)12-6-8-16-9-7-12/h11-12,16H,2-10H2,1H3,(H,17,18). The van der Waals surface area contributed by atoms with Gasteiger partial charge in [0, 0.05) is 11.6 Å². The highest BCUT2D eigenvalue weighted by Crippen LogP contribution is 2.34. The quantitative estimate of drug-likeness (QED) is 0.862. The second-order valence-corrected chi connectivity index (χ2v) is 5.99. The minimum Gasteiger partial charge on any atom is -0.317 e. The van der Waals surface area contributed by atoms with Gasteiger partial charge in [0.05, 0.1) is 5.69 Å². The maximum Gasteiger partial charge on any atom is 0.0688 e. The summed E-state index contributed by atoms with van der Waals surface area (Å²) >= 11 is 0. The lowest BCUT2D eigenvalue weighted by molar-refractivity contribution is 0.412. The van der Waals surface area contributed by atoms with E-state index in [-0.39, 0.29) is 0 Å². The number of H-pyrrole nitrogens is 1. The second kappa shape index (κ2) is 5.43. The van der Waals surface area contributed by atoms with Gasteiger partial charge in [-0.2, -0.15) is 5.10 Å². The van der Waals surface area contributed by atoms with Crippen LogP contribution in [0.1, 0.15) is 61.9 Å². The molecule has 1 fully saturated rings. The average molecular weight is 247 g/mol. The molecule has 0 amide bonds. The van der Waals surface area contributed by atoms with E-state index < -0.39 is 0 Å². The minimum absolute atomic E-state index is 0.701. The molecule has 0 spiro atoms. The van der Waals surface area contributed by atoms with E-state index >= 15 is 0 Å². The molecule has 0 bridgehead atoms. The molecule has 100 valence electrons. The van der Waals surface area contributed by atoms with Crippen molar-refractivity contribution in [2.45, 2.75) is 57.8 Å². The third kappa shape index (κ3) is 2.33. The van der Waals surface area contributed by atoms with Crippen molar-refractivity contribution >= 4 is 0 Å². The summed E-state index contributed by atoms with van der Waals surface area (Å²) in [5, 5.41) is 11.4. The third-order valence-electron chi connectivity index (χ3n) is 4.70. The normalized spacial score (nSPS) is 25.1. The second-order valence-electron chi connectivity index (χ2n) is 5.99. The summed E-state index contributed by atoms with van der Waals surface area (Å²) in [6.07, 6.45) is 9.08. The van der Waals surface area contributed by atoms with Crippen LogP contribution in [0, 0.1) is 5.92 Å². The molecule has 2 heterocycles. The van der Waals surface area contributed by atoms with E-state index in [1.54, 1.807) is 5.56 Å². The first-order valence-corrected chi connectivity index (χ1v) is 7.65. The molecule has 3 nitrogen and oxygen atoms in total. The molecular weight excluding hydrogens is 222 g/mol. The number of nitrogens with one attached hydrogen (secondary N) is 2.